The second kappa shape index (κ2) is 8.90. The van der Waals surface area contributed by atoms with E-state index in [4.69, 9.17) is 16.6 Å². The molecule has 2 aliphatic rings. The number of hydrogen-bond acceptors (Lipinski definition) is 6. The molecule has 4 rings (SSSR count). The summed E-state index contributed by atoms with van der Waals surface area (Å²) in [5.74, 6) is 0.360. The molecule has 2 fully saturated rings. The molecule has 2 saturated carbocycles. The van der Waals surface area contributed by atoms with Gasteiger partial charge >= 0.3 is 0 Å². The van der Waals surface area contributed by atoms with Crippen LogP contribution in [-0.4, -0.2) is 52.6 Å². The highest BCUT2D eigenvalue weighted by atomic mass is 32.2. The quantitative estimate of drug-likeness (QED) is 0.532. The van der Waals surface area contributed by atoms with E-state index >= 15 is 0 Å². The lowest BCUT2D eigenvalue weighted by Crippen LogP contribution is -2.37. The van der Waals surface area contributed by atoms with Gasteiger partial charge < -0.3 is 4.42 Å². The molecule has 0 bridgehead atoms. The first-order chi connectivity index (χ1) is 14.4. The zero-order chi connectivity index (χ0) is 21.3. The van der Waals surface area contributed by atoms with Crippen LogP contribution >= 0.6 is 12.2 Å². The summed E-state index contributed by atoms with van der Waals surface area (Å²) >= 11 is 5.44. The maximum atomic E-state index is 12.9. The van der Waals surface area contributed by atoms with Crippen molar-refractivity contribution < 1.29 is 12.8 Å². The summed E-state index contributed by atoms with van der Waals surface area (Å²) in [6.07, 6.45) is 7.52. The first-order valence-corrected chi connectivity index (χ1v) is 12.7. The van der Waals surface area contributed by atoms with Gasteiger partial charge in [-0.25, -0.2) is 13.1 Å². The predicted octanol–water partition coefficient (Wildman–Crippen LogP) is 4.27. The Bertz CT molecular complexity index is 1030. The molecule has 1 aromatic carbocycles. The summed E-state index contributed by atoms with van der Waals surface area (Å²) in [5.41, 5.74) is 0.618. The van der Waals surface area contributed by atoms with Crippen LogP contribution in [0, 0.1) is 4.84 Å². The highest BCUT2D eigenvalue weighted by Gasteiger charge is 2.35. The Hall–Kier alpha value is -1.55. The molecule has 0 saturated heterocycles. The van der Waals surface area contributed by atoms with E-state index < -0.39 is 10.0 Å². The largest absolute Gasteiger partial charge is 0.409 e. The van der Waals surface area contributed by atoms with Gasteiger partial charge in [0.25, 0.3) is 4.84 Å². The fraction of sp³-hybridized carbons (Fsp3) is 0.619. The van der Waals surface area contributed by atoms with E-state index in [1.165, 1.54) is 42.8 Å². The Morgan fingerprint density at radius 3 is 2.43 bits per heavy atom. The monoisotopic (exact) mass is 450 g/mol. The highest BCUT2D eigenvalue weighted by molar-refractivity contribution is 7.89. The van der Waals surface area contributed by atoms with Gasteiger partial charge in [-0.15, -0.1) is 5.10 Å². The van der Waals surface area contributed by atoms with Gasteiger partial charge in [0.05, 0.1) is 11.6 Å². The van der Waals surface area contributed by atoms with Gasteiger partial charge in [0, 0.05) is 30.7 Å². The summed E-state index contributed by atoms with van der Waals surface area (Å²) in [5, 5.41) is 4.61. The molecule has 1 heterocycles. The first kappa shape index (κ1) is 21.7. The molecule has 164 valence electrons. The maximum absolute atomic E-state index is 12.9. The zero-order valence-electron chi connectivity index (χ0n) is 17.7. The fourth-order valence-corrected chi connectivity index (χ4v) is 6.02. The number of aromatic nitrogens is 2. The van der Waals surface area contributed by atoms with Gasteiger partial charge in [0.2, 0.25) is 15.9 Å². The van der Waals surface area contributed by atoms with Crippen molar-refractivity contribution in [1.82, 2.24) is 19.0 Å². The minimum atomic E-state index is -3.55. The van der Waals surface area contributed by atoms with Gasteiger partial charge in [-0.3, -0.25) is 4.90 Å². The van der Waals surface area contributed by atoms with E-state index in [0.717, 1.165) is 0 Å². The smallest absolute Gasteiger partial charge is 0.288 e. The molecule has 2 aromatic rings. The average molecular weight is 451 g/mol. The number of rotatable bonds is 9. The summed E-state index contributed by atoms with van der Waals surface area (Å²) in [6, 6.07) is 7.98. The van der Waals surface area contributed by atoms with E-state index in [1.54, 1.807) is 22.9 Å². The fourth-order valence-electron chi connectivity index (χ4n) is 4.34. The van der Waals surface area contributed by atoms with Crippen LogP contribution in [0.3, 0.4) is 0 Å². The Morgan fingerprint density at radius 2 is 1.80 bits per heavy atom. The number of hydrogen-bond donors (Lipinski definition) is 0. The molecule has 0 unspecified atom stereocenters. The normalized spacial score (nSPS) is 18.0. The first-order valence-electron chi connectivity index (χ1n) is 10.9. The second-order valence-electron chi connectivity index (χ2n) is 8.11. The molecule has 0 radical (unpaired) electrons. The van der Waals surface area contributed by atoms with Crippen LogP contribution in [0.5, 0.6) is 0 Å². The summed E-state index contributed by atoms with van der Waals surface area (Å²) in [7, 11) is -3.55. The van der Waals surface area contributed by atoms with Crippen molar-refractivity contribution in [3.63, 3.8) is 0 Å². The topological polar surface area (TPSA) is 71.6 Å². The molecule has 0 aliphatic heterocycles. The van der Waals surface area contributed by atoms with Crippen molar-refractivity contribution in [2.24, 2.45) is 0 Å². The third-order valence-corrected chi connectivity index (χ3v) is 8.48. The Balaban J connectivity index is 1.59. The van der Waals surface area contributed by atoms with Crippen LogP contribution in [-0.2, 0) is 16.7 Å². The van der Waals surface area contributed by atoms with Crippen LogP contribution in [0.15, 0.2) is 33.6 Å². The van der Waals surface area contributed by atoms with Crippen molar-refractivity contribution >= 4 is 22.2 Å². The average Bonchev–Trinajstić information content (AvgIpc) is 3.30. The Labute approximate surface area is 183 Å². The zero-order valence-corrected chi connectivity index (χ0v) is 19.3. The molecule has 0 amide bonds. The summed E-state index contributed by atoms with van der Waals surface area (Å²) in [6.45, 7) is 5.16. The Morgan fingerprint density at radius 1 is 1.13 bits per heavy atom. The number of nitrogens with zero attached hydrogens (tertiary/aromatic N) is 4. The molecule has 9 heteroatoms. The van der Waals surface area contributed by atoms with E-state index in [2.05, 4.69) is 10.00 Å². The number of sulfonamides is 1. The number of benzene rings is 1. The predicted molar refractivity (Wildman–Crippen MR) is 118 cm³/mol. The standard InChI is InChI=1S/C21H30N4O3S2/c1-3-23(4-2)30(26,27)19-11-7-8-16(14-19)20-22-25(21(29)28-20)15-24(18-12-13-18)17-9-5-6-10-17/h7-8,11,14,17-18H,3-6,9-10,12-13,15H2,1-2H3. The maximum Gasteiger partial charge on any atom is 0.288 e. The van der Waals surface area contributed by atoms with Crippen LogP contribution in [0.2, 0.25) is 0 Å². The van der Waals surface area contributed by atoms with E-state index in [-0.39, 0.29) is 4.90 Å². The van der Waals surface area contributed by atoms with E-state index in [9.17, 15) is 8.42 Å². The van der Waals surface area contributed by atoms with E-state index in [1.807, 2.05) is 19.9 Å². The molecule has 2 aliphatic carbocycles. The molecule has 0 N–H and O–H groups in total. The van der Waals surface area contributed by atoms with Gasteiger partial charge in [0.15, 0.2) is 0 Å². The third-order valence-electron chi connectivity index (χ3n) is 6.14. The van der Waals surface area contributed by atoms with Crippen molar-refractivity contribution in [3.8, 4) is 11.5 Å². The molecule has 7 nitrogen and oxygen atoms in total. The highest BCUT2D eigenvalue weighted by Crippen LogP contribution is 2.35. The lowest BCUT2D eigenvalue weighted by Gasteiger charge is -2.28. The van der Waals surface area contributed by atoms with Crippen LogP contribution in [0.4, 0.5) is 0 Å². The van der Waals surface area contributed by atoms with Gasteiger partial charge in [-0.2, -0.15) is 4.31 Å². The molecule has 1 aromatic heterocycles. The van der Waals surface area contributed by atoms with E-state index in [0.29, 0.717) is 48.1 Å². The SMILES string of the molecule is CCN(CC)S(=O)(=O)c1cccc(-c2nn(CN(C3CCCC3)C3CC3)c(=S)o2)c1. The molecular weight excluding hydrogens is 420 g/mol. The molecule has 0 spiro atoms. The Kier molecular flexibility index (Phi) is 6.43. The van der Waals surface area contributed by atoms with Gasteiger partial charge in [0.1, 0.15) is 0 Å². The minimum Gasteiger partial charge on any atom is -0.409 e. The van der Waals surface area contributed by atoms with Gasteiger partial charge in [-0.1, -0.05) is 32.8 Å². The lowest BCUT2D eigenvalue weighted by molar-refractivity contribution is 0.133. The van der Waals surface area contributed by atoms with Crippen molar-refractivity contribution in [3.05, 3.63) is 29.1 Å². The van der Waals surface area contributed by atoms with Crippen LogP contribution in [0.1, 0.15) is 52.4 Å². The van der Waals surface area contributed by atoms with Crippen molar-refractivity contribution in [2.75, 3.05) is 13.1 Å². The minimum absolute atomic E-state index is 0.241. The summed E-state index contributed by atoms with van der Waals surface area (Å²) < 4.78 is 34.7. The molecule has 30 heavy (non-hydrogen) atoms. The van der Waals surface area contributed by atoms with Crippen LogP contribution in [0.25, 0.3) is 11.5 Å². The van der Waals surface area contributed by atoms with Gasteiger partial charge in [-0.05, 0) is 56.1 Å². The third kappa shape index (κ3) is 4.39. The second-order valence-corrected chi connectivity index (χ2v) is 10.4. The van der Waals surface area contributed by atoms with Crippen molar-refractivity contribution in [2.45, 2.75) is 76.0 Å². The molecular formula is C21H30N4O3S2. The molecule has 0 atom stereocenters. The summed E-state index contributed by atoms with van der Waals surface area (Å²) in [4.78, 5) is 3.09. The van der Waals surface area contributed by atoms with Crippen LogP contribution < -0.4 is 0 Å². The van der Waals surface area contributed by atoms with Crippen molar-refractivity contribution in [1.29, 1.82) is 0 Å². The lowest BCUT2D eigenvalue weighted by atomic mass is 10.2.